The van der Waals surface area contributed by atoms with Gasteiger partial charge in [0.1, 0.15) is 15.9 Å². The summed E-state index contributed by atoms with van der Waals surface area (Å²) in [6.45, 7) is 10.9. The lowest BCUT2D eigenvalue weighted by molar-refractivity contribution is -0.142. The summed E-state index contributed by atoms with van der Waals surface area (Å²) in [5, 5.41) is 19.8. The minimum Gasteiger partial charge on any atom is -0.493 e. The molecule has 0 spiro atoms. The number of imide groups is 1. The Morgan fingerprint density at radius 3 is 2.35 bits per heavy atom. The number of hydrogen-bond donors (Lipinski definition) is 4. The maximum atomic E-state index is 14.1. The molecule has 0 saturated carbocycles. The quantitative estimate of drug-likeness (QED) is 0.0493. The van der Waals surface area contributed by atoms with E-state index in [9.17, 15) is 37.5 Å². The zero-order valence-corrected chi connectivity index (χ0v) is 41.6. The Labute approximate surface area is 403 Å². The van der Waals surface area contributed by atoms with Crippen LogP contribution in [0.5, 0.6) is 11.5 Å². The van der Waals surface area contributed by atoms with Crippen LogP contribution in [0.2, 0.25) is 0 Å². The Hall–Kier alpha value is -5.69. The molecule has 6 rings (SSSR count). The predicted molar refractivity (Wildman–Crippen MR) is 261 cm³/mol. The van der Waals surface area contributed by atoms with E-state index in [-0.39, 0.29) is 60.5 Å². The average Bonchev–Trinajstić information content (AvgIpc) is 3.98. The first-order chi connectivity index (χ1) is 32.3. The van der Waals surface area contributed by atoms with Gasteiger partial charge in [-0.15, -0.1) is 11.3 Å². The normalized spacial score (nSPS) is 16.9. The van der Waals surface area contributed by atoms with Crippen LogP contribution in [0, 0.1) is 12.3 Å². The number of anilines is 1. The van der Waals surface area contributed by atoms with Crippen molar-refractivity contribution in [3.05, 3.63) is 94.1 Å². The Morgan fingerprint density at radius 1 is 0.971 bits per heavy atom. The zero-order valence-electron chi connectivity index (χ0n) is 39.9. The number of methoxy groups -OCH3 is 1. The van der Waals surface area contributed by atoms with E-state index >= 15 is 0 Å². The highest BCUT2D eigenvalue weighted by Crippen LogP contribution is 2.39. The first kappa shape index (κ1) is 51.7. The van der Waals surface area contributed by atoms with Gasteiger partial charge in [-0.3, -0.25) is 28.9 Å². The summed E-state index contributed by atoms with van der Waals surface area (Å²) >= 11 is 1.58. The van der Waals surface area contributed by atoms with Crippen molar-refractivity contribution in [2.75, 3.05) is 44.1 Å². The monoisotopic (exact) mass is 972 g/mol. The number of β-amino-alcohol motifs (C(OH)–C–C–N with tert-alkyl or cyclic N) is 1. The lowest BCUT2D eigenvalue weighted by Crippen LogP contribution is -2.56. The highest BCUT2D eigenvalue weighted by molar-refractivity contribution is 7.90. The first-order valence-corrected chi connectivity index (χ1v) is 26.0. The first-order valence-electron chi connectivity index (χ1n) is 23.1. The van der Waals surface area contributed by atoms with Crippen LogP contribution in [-0.4, -0.2) is 115 Å². The van der Waals surface area contributed by atoms with Gasteiger partial charge in [0.05, 0.1) is 70.6 Å². The van der Waals surface area contributed by atoms with Gasteiger partial charge in [0.2, 0.25) is 17.7 Å². The van der Waals surface area contributed by atoms with E-state index in [1.807, 2.05) is 57.5 Å². The van der Waals surface area contributed by atoms with Crippen molar-refractivity contribution < 1.29 is 47.0 Å². The number of sulfone groups is 1. The number of likely N-dealkylation sites (tertiary alicyclic amines) is 1. The number of thiazole rings is 1. The standard InChI is InChI=1S/C50H64N6O10S2/c1-8-66-41-25-34(22-23-40(41)65-6)39(29-68(7,63)64)56-47(60)36-15-14-16-37(43(36)48(56)61)54-42(58)17-12-10-9-11-13-24-51-45(50(3,4)5)49(62)55-28-35(57)26-38(55)46(59)52-27-32-18-20-33(21-19-32)44-31(2)53-30-67-44/h14-16,18-23,25,30,35,38-39,45,51,57H,8-13,17,24,26-29H2,1-7H3,(H,52,59)(H,54,58)/t35?,38?,39-,45?/m1/s1. The largest absolute Gasteiger partial charge is 0.493 e. The number of rotatable bonds is 22. The second-order valence-corrected chi connectivity index (χ2v) is 21.6. The number of carbonyl (C=O) groups is 5. The molecule has 3 aromatic carbocycles. The number of carbonyl (C=O) groups excluding carboxylic acids is 5. The summed E-state index contributed by atoms with van der Waals surface area (Å²) in [4.78, 5) is 76.5. The number of aliphatic hydroxyl groups is 1. The van der Waals surface area contributed by atoms with Crippen LogP contribution in [-0.2, 0) is 30.8 Å². The van der Waals surface area contributed by atoms with Gasteiger partial charge in [-0.1, -0.05) is 76.4 Å². The van der Waals surface area contributed by atoms with E-state index in [2.05, 4.69) is 20.9 Å². The summed E-state index contributed by atoms with van der Waals surface area (Å²) in [6.07, 6.45) is 4.33. The van der Waals surface area contributed by atoms with Gasteiger partial charge < -0.3 is 35.4 Å². The van der Waals surface area contributed by atoms with Crippen molar-refractivity contribution in [2.45, 2.75) is 110 Å². The molecule has 0 radical (unpaired) electrons. The predicted octanol–water partition coefficient (Wildman–Crippen LogP) is 6.47. The van der Waals surface area contributed by atoms with Crippen LogP contribution in [0.25, 0.3) is 10.4 Å². The van der Waals surface area contributed by atoms with Crippen LogP contribution >= 0.6 is 11.3 Å². The Morgan fingerprint density at radius 2 is 1.69 bits per heavy atom. The number of benzene rings is 3. The number of ether oxygens (including phenoxy) is 2. The van der Waals surface area contributed by atoms with Crippen LogP contribution in [0.3, 0.4) is 0 Å². The number of nitrogens with one attached hydrogen (secondary N) is 3. The van der Waals surface area contributed by atoms with E-state index in [0.717, 1.165) is 58.5 Å². The van der Waals surface area contributed by atoms with Crippen LogP contribution in [0.4, 0.5) is 5.69 Å². The van der Waals surface area contributed by atoms with Crippen LogP contribution < -0.4 is 25.4 Å². The molecule has 18 heteroatoms. The van der Waals surface area contributed by atoms with Crippen LogP contribution in [0.15, 0.2) is 66.2 Å². The summed E-state index contributed by atoms with van der Waals surface area (Å²) < 4.78 is 36.4. The number of aliphatic hydroxyl groups excluding tert-OH is 1. The Balaban J connectivity index is 0.964. The molecular weight excluding hydrogens is 909 g/mol. The van der Waals surface area contributed by atoms with E-state index in [0.29, 0.717) is 36.6 Å². The third kappa shape index (κ3) is 12.7. The molecule has 2 aliphatic heterocycles. The Bertz CT molecular complexity index is 2570. The number of fused-ring (bicyclic) bond motifs is 1. The molecule has 1 fully saturated rings. The van der Waals surface area contributed by atoms with Crippen molar-refractivity contribution in [3.63, 3.8) is 0 Å². The van der Waals surface area contributed by atoms with Crippen molar-refractivity contribution in [1.82, 2.24) is 25.4 Å². The molecule has 4 N–H and O–H groups in total. The van der Waals surface area contributed by atoms with Crippen molar-refractivity contribution >= 4 is 56.4 Å². The molecule has 4 atom stereocenters. The zero-order chi connectivity index (χ0) is 49.3. The fourth-order valence-corrected chi connectivity index (χ4v) is 10.5. The number of amides is 5. The van der Waals surface area contributed by atoms with Crippen molar-refractivity contribution in [2.24, 2.45) is 5.41 Å². The fourth-order valence-electron chi connectivity index (χ4n) is 8.76. The second-order valence-electron chi connectivity index (χ2n) is 18.6. The molecule has 16 nitrogen and oxygen atoms in total. The summed E-state index contributed by atoms with van der Waals surface area (Å²) in [5.41, 5.74) is 4.89. The fraction of sp³-hybridized carbons (Fsp3) is 0.480. The molecule has 3 heterocycles. The maximum absolute atomic E-state index is 14.1. The number of nitrogens with zero attached hydrogens (tertiary/aromatic N) is 3. The van der Waals surface area contributed by atoms with E-state index < -0.39 is 57.0 Å². The van der Waals surface area contributed by atoms with Gasteiger partial charge in [-0.2, -0.15) is 0 Å². The molecule has 1 saturated heterocycles. The molecule has 3 unspecified atom stereocenters. The second kappa shape index (κ2) is 22.6. The van der Waals surface area contributed by atoms with Crippen molar-refractivity contribution in [3.8, 4) is 21.9 Å². The number of aromatic nitrogens is 1. The third-order valence-corrected chi connectivity index (χ3v) is 14.1. The van der Waals surface area contributed by atoms with Crippen molar-refractivity contribution in [1.29, 1.82) is 0 Å². The molecule has 4 aromatic rings. The molecule has 2 aliphatic rings. The smallest absolute Gasteiger partial charge is 0.264 e. The highest BCUT2D eigenvalue weighted by atomic mass is 32.2. The molecule has 1 aromatic heterocycles. The molecule has 68 heavy (non-hydrogen) atoms. The lowest BCUT2D eigenvalue weighted by atomic mass is 9.85. The molecule has 0 bridgehead atoms. The third-order valence-electron chi connectivity index (χ3n) is 12.2. The molecular formula is C50H64N6O10S2. The van der Waals surface area contributed by atoms with E-state index in [1.165, 1.54) is 18.1 Å². The summed E-state index contributed by atoms with van der Waals surface area (Å²) in [5.74, 6) is -2.03. The van der Waals surface area contributed by atoms with E-state index in [4.69, 9.17) is 9.47 Å². The highest BCUT2D eigenvalue weighted by Gasteiger charge is 2.45. The summed E-state index contributed by atoms with van der Waals surface area (Å²) in [6, 6.07) is 14.7. The summed E-state index contributed by atoms with van der Waals surface area (Å²) in [7, 11) is -2.23. The number of hydrogen-bond acceptors (Lipinski definition) is 13. The molecule has 0 aliphatic carbocycles. The minimum absolute atomic E-state index is 0.00221. The van der Waals surface area contributed by atoms with Gasteiger partial charge in [-0.25, -0.2) is 13.4 Å². The van der Waals surface area contributed by atoms with Gasteiger partial charge in [0, 0.05) is 32.2 Å². The topological polar surface area (TPSA) is 214 Å². The average molecular weight is 973 g/mol. The van der Waals surface area contributed by atoms with E-state index in [1.54, 1.807) is 48.6 Å². The lowest BCUT2D eigenvalue weighted by Gasteiger charge is -2.35. The van der Waals surface area contributed by atoms with Gasteiger partial charge in [0.25, 0.3) is 11.8 Å². The SMILES string of the molecule is CCOc1cc([C@@H](CS(C)(=O)=O)N2C(=O)c3cccc(NC(=O)CCCCCCCNC(C(=O)N4CC(O)CC4C(=O)NCc4ccc(-c5scnc5C)cc4)C(C)(C)C)c3C2=O)ccc1OC. The molecule has 366 valence electrons. The maximum Gasteiger partial charge on any atom is 0.264 e. The number of aryl methyl sites for hydroxylation is 1. The van der Waals surface area contributed by atoms with Gasteiger partial charge in [-0.05, 0) is 79.6 Å². The minimum atomic E-state index is -3.70. The van der Waals surface area contributed by atoms with Crippen LogP contribution in [0.1, 0.15) is 116 Å². The van der Waals surface area contributed by atoms with Gasteiger partial charge >= 0.3 is 0 Å². The van der Waals surface area contributed by atoms with Gasteiger partial charge in [0.15, 0.2) is 11.5 Å². The number of unbranched alkanes of at least 4 members (excludes halogenated alkanes) is 4. The molecule has 5 amide bonds. The Kier molecular flexibility index (Phi) is 17.2.